The zero-order valence-electron chi connectivity index (χ0n) is 16.6. The molecule has 7 nitrogen and oxygen atoms in total. The summed E-state index contributed by atoms with van der Waals surface area (Å²) in [4.78, 5) is 33.0. The number of amides is 2. The molecule has 0 unspecified atom stereocenters. The van der Waals surface area contributed by atoms with E-state index in [-0.39, 0.29) is 18.4 Å². The summed E-state index contributed by atoms with van der Waals surface area (Å²) in [5, 5.41) is 3.82. The average molecular weight is 390 g/mol. The fourth-order valence-electron chi connectivity index (χ4n) is 3.33. The number of pyridine rings is 1. The summed E-state index contributed by atoms with van der Waals surface area (Å²) in [6, 6.07) is 6.00. The molecule has 0 aliphatic carbocycles. The minimum atomic E-state index is -0.228. The number of fused-ring (bicyclic) bond motifs is 2. The number of hydrogen-bond acceptors (Lipinski definition) is 4. The maximum atomic E-state index is 12.6. The van der Waals surface area contributed by atoms with E-state index >= 15 is 0 Å². The highest BCUT2D eigenvalue weighted by molar-refractivity contribution is 5.95. The molecule has 0 radical (unpaired) electrons. The van der Waals surface area contributed by atoms with Crippen molar-refractivity contribution in [3.63, 3.8) is 0 Å². The van der Waals surface area contributed by atoms with Gasteiger partial charge in [0, 0.05) is 43.0 Å². The van der Waals surface area contributed by atoms with Gasteiger partial charge in [0.2, 0.25) is 5.91 Å². The highest BCUT2D eigenvalue weighted by atomic mass is 16.5. The normalized spacial score (nSPS) is 13.3. The number of carbonyl (C=O) groups is 2. The third-order valence-corrected chi connectivity index (χ3v) is 5.04. The van der Waals surface area contributed by atoms with Gasteiger partial charge in [-0.05, 0) is 60.4 Å². The highest BCUT2D eigenvalue weighted by Gasteiger charge is 2.17. The summed E-state index contributed by atoms with van der Waals surface area (Å²) >= 11 is 0. The monoisotopic (exact) mass is 390 g/mol. The highest BCUT2D eigenvalue weighted by Crippen LogP contribution is 2.26. The lowest BCUT2D eigenvalue weighted by Crippen LogP contribution is -2.26. The van der Waals surface area contributed by atoms with Crippen LogP contribution in [0.4, 0.5) is 5.82 Å². The number of likely N-dealkylation sites (N-methyl/N-ethyl adjacent to an activating group) is 1. The summed E-state index contributed by atoms with van der Waals surface area (Å²) in [7, 11) is 1.78. The van der Waals surface area contributed by atoms with E-state index in [0.29, 0.717) is 18.1 Å². The standard InChI is InChI=1S/C22H22N4O3/c1-13-6-18-17(14(2)9-23-18)8-16(13)11-26(3)21(28)5-4-15-7-19-22(24-10-15)25-20(27)12-29-19/h4-10,23H,11-12H2,1-3H3,(H,24,25,27)/b5-4+. The van der Waals surface area contributed by atoms with Gasteiger partial charge in [0.05, 0.1) is 0 Å². The molecule has 3 heterocycles. The van der Waals surface area contributed by atoms with Crippen molar-refractivity contribution >= 4 is 34.6 Å². The van der Waals surface area contributed by atoms with Gasteiger partial charge in [0.1, 0.15) is 0 Å². The largest absolute Gasteiger partial charge is 0.480 e. The van der Waals surface area contributed by atoms with Crippen LogP contribution in [0.15, 0.2) is 36.7 Å². The summed E-state index contributed by atoms with van der Waals surface area (Å²) in [5.41, 5.74) is 5.27. The Hall–Kier alpha value is -3.61. The van der Waals surface area contributed by atoms with E-state index in [0.717, 1.165) is 22.2 Å². The van der Waals surface area contributed by atoms with Crippen LogP contribution in [0.1, 0.15) is 22.3 Å². The molecular formula is C22H22N4O3. The van der Waals surface area contributed by atoms with E-state index in [1.807, 2.05) is 6.20 Å². The molecule has 2 N–H and O–H groups in total. The number of aryl methyl sites for hydroxylation is 2. The number of nitrogens with zero attached hydrogens (tertiary/aromatic N) is 2. The molecule has 1 aliphatic heterocycles. The number of aromatic nitrogens is 2. The van der Waals surface area contributed by atoms with Crippen molar-refractivity contribution in [3.8, 4) is 5.75 Å². The molecule has 0 atom stereocenters. The fourth-order valence-corrected chi connectivity index (χ4v) is 3.33. The molecule has 0 saturated heterocycles. The first-order valence-corrected chi connectivity index (χ1v) is 9.34. The molecule has 29 heavy (non-hydrogen) atoms. The Balaban J connectivity index is 1.46. The molecule has 2 aromatic heterocycles. The number of aromatic amines is 1. The topological polar surface area (TPSA) is 87.3 Å². The minimum Gasteiger partial charge on any atom is -0.480 e. The van der Waals surface area contributed by atoms with Gasteiger partial charge >= 0.3 is 0 Å². The van der Waals surface area contributed by atoms with Crippen molar-refractivity contribution in [2.75, 3.05) is 19.0 Å². The molecule has 3 aromatic rings. The minimum absolute atomic E-state index is 0.0339. The van der Waals surface area contributed by atoms with Crippen molar-refractivity contribution in [1.82, 2.24) is 14.9 Å². The molecule has 1 aromatic carbocycles. The molecule has 4 rings (SSSR count). The van der Waals surface area contributed by atoms with Crippen LogP contribution in [-0.2, 0) is 16.1 Å². The number of anilines is 1. The second-order valence-electron chi connectivity index (χ2n) is 7.28. The Labute approximate surface area is 168 Å². The molecule has 0 bridgehead atoms. The molecule has 0 spiro atoms. The first kappa shape index (κ1) is 18.7. The Morgan fingerprint density at radius 3 is 2.93 bits per heavy atom. The Kier molecular flexibility index (Phi) is 4.80. The summed E-state index contributed by atoms with van der Waals surface area (Å²) < 4.78 is 5.35. The van der Waals surface area contributed by atoms with Gasteiger partial charge in [-0.1, -0.05) is 0 Å². The van der Waals surface area contributed by atoms with Gasteiger partial charge in [0.25, 0.3) is 5.91 Å². The van der Waals surface area contributed by atoms with Gasteiger partial charge in [-0.3, -0.25) is 9.59 Å². The Morgan fingerprint density at radius 2 is 2.10 bits per heavy atom. The van der Waals surface area contributed by atoms with E-state index < -0.39 is 0 Å². The Morgan fingerprint density at radius 1 is 1.28 bits per heavy atom. The summed E-state index contributed by atoms with van der Waals surface area (Å²) in [5.74, 6) is 0.557. The summed E-state index contributed by atoms with van der Waals surface area (Å²) in [6.45, 7) is 4.61. The smallest absolute Gasteiger partial charge is 0.263 e. The van der Waals surface area contributed by atoms with E-state index in [2.05, 4.69) is 41.3 Å². The number of carbonyl (C=O) groups excluding carboxylic acids is 2. The van der Waals surface area contributed by atoms with Crippen LogP contribution >= 0.6 is 0 Å². The number of nitrogens with one attached hydrogen (secondary N) is 2. The average Bonchev–Trinajstić information content (AvgIpc) is 3.05. The lowest BCUT2D eigenvalue weighted by molar-refractivity contribution is -0.125. The van der Waals surface area contributed by atoms with Crippen molar-refractivity contribution in [2.24, 2.45) is 0 Å². The van der Waals surface area contributed by atoms with E-state index in [4.69, 9.17) is 4.74 Å². The van der Waals surface area contributed by atoms with Crippen molar-refractivity contribution in [2.45, 2.75) is 20.4 Å². The van der Waals surface area contributed by atoms with Gasteiger partial charge in [-0.25, -0.2) is 4.98 Å². The quantitative estimate of drug-likeness (QED) is 0.670. The first-order chi connectivity index (χ1) is 13.9. The molecule has 7 heteroatoms. The summed E-state index contributed by atoms with van der Waals surface area (Å²) in [6.07, 6.45) is 6.79. The number of hydrogen-bond donors (Lipinski definition) is 2. The number of rotatable bonds is 4. The lowest BCUT2D eigenvalue weighted by atomic mass is 10.0. The number of benzene rings is 1. The van der Waals surface area contributed by atoms with E-state index in [1.54, 1.807) is 30.3 Å². The van der Waals surface area contributed by atoms with Crippen LogP contribution in [0.3, 0.4) is 0 Å². The molecule has 0 fully saturated rings. The van der Waals surface area contributed by atoms with Crippen molar-refractivity contribution in [3.05, 3.63) is 58.9 Å². The molecular weight excluding hydrogens is 368 g/mol. The third kappa shape index (κ3) is 3.85. The van der Waals surface area contributed by atoms with Crippen LogP contribution in [0.2, 0.25) is 0 Å². The molecule has 0 saturated carbocycles. The van der Waals surface area contributed by atoms with Crippen molar-refractivity contribution < 1.29 is 14.3 Å². The first-order valence-electron chi connectivity index (χ1n) is 9.34. The van der Waals surface area contributed by atoms with E-state index in [1.165, 1.54) is 17.0 Å². The zero-order chi connectivity index (χ0) is 20.5. The van der Waals surface area contributed by atoms with Crippen LogP contribution in [0.25, 0.3) is 17.0 Å². The lowest BCUT2D eigenvalue weighted by Gasteiger charge is -2.18. The van der Waals surface area contributed by atoms with Crippen LogP contribution < -0.4 is 10.1 Å². The molecule has 1 aliphatic rings. The predicted molar refractivity (Wildman–Crippen MR) is 112 cm³/mol. The second kappa shape index (κ2) is 7.43. The van der Waals surface area contributed by atoms with Crippen LogP contribution in [0.5, 0.6) is 5.75 Å². The fraction of sp³-hybridized carbons (Fsp3) is 0.227. The van der Waals surface area contributed by atoms with Crippen LogP contribution in [0, 0.1) is 13.8 Å². The second-order valence-corrected chi connectivity index (χ2v) is 7.28. The number of H-pyrrole nitrogens is 1. The van der Waals surface area contributed by atoms with Gasteiger partial charge in [-0.2, -0.15) is 0 Å². The Bertz CT molecular complexity index is 1150. The van der Waals surface area contributed by atoms with E-state index in [9.17, 15) is 9.59 Å². The molecule has 2 amide bonds. The van der Waals surface area contributed by atoms with Gasteiger partial charge in [0.15, 0.2) is 18.2 Å². The molecule has 148 valence electrons. The maximum absolute atomic E-state index is 12.6. The van der Waals surface area contributed by atoms with Gasteiger partial charge in [-0.15, -0.1) is 0 Å². The SMILES string of the molecule is Cc1cc2[nH]cc(C)c2cc1CN(C)C(=O)/C=C/c1cnc2c(c1)OCC(=O)N2. The predicted octanol–water partition coefficient (Wildman–Crippen LogP) is 3.18. The van der Waals surface area contributed by atoms with Gasteiger partial charge < -0.3 is 19.9 Å². The number of ether oxygens (including phenoxy) is 1. The van der Waals surface area contributed by atoms with Crippen molar-refractivity contribution in [1.29, 1.82) is 0 Å². The maximum Gasteiger partial charge on any atom is 0.263 e. The third-order valence-electron chi connectivity index (χ3n) is 5.04. The van der Waals surface area contributed by atoms with Crippen LogP contribution in [-0.4, -0.2) is 40.3 Å². The zero-order valence-corrected chi connectivity index (χ0v) is 16.6.